The van der Waals surface area contributed by atoms with Crippen LogP contribution in [-0.2, 0) is 4.79 Å². The van der Waals surface area contributed by atoms with E-state index in [0.29, 0.717) is 30.3 Å². The second kappa shape index (κ2) is 9.43. The Balaban J connectivity index is 0.000000878. The molecule has 0 spiro atoms. The summed E-state index contributed by atoms with van der Waals surface area (Å²) in [4.78, 5) is 41.8. The number of aromatic nitrogens is 2. The van der Waals surface area contributed by atoms with Gasteiger partial charge >= 0.3 is 0 Å². The van der Waals surface area contributed by atoms with Gasteiger partial charge in [0.15, 0.2) is 5.82 Å². The molecule has 9 nitrogen and oxygen atoms in total. The second-order valence-corrected chi connectivity index (χ2v) is 6.84. The summed E-state index contributed by atoms with van der Waals surface area (Å²) in [7, 11) is 0. The zero-order chi connectivity index (χ0) is 20.7. The maximum Gasteiger partial charge on any atom is 0.290 e. The Morgan fingerprint density at radius 2 is 2.11 bits per heavy atom. The van der Waals surface area contributed by atoms with Crippen molar-refractivity contribution < 1.29 is 24.9 Å². The van der Waals surface area contributed by atoms with Crippen LogP contribution < -0.4 is 5.56 Å². The molecule has 0 bridgehead atoms. The van der Waals surface area contributed by atoms with Gasteiger partial charge in [0.25, 0.3) is 17.9 Å². The molecule has 1 aliphatic rings. The van der Waals surface area contributed by atoms with E-state index in [-0.39, 0.29) is 36.9 Å². The fraction of sp³-hybridized carbons (Fsp3) is 0.474. The van der Waals surface area contributed by atoms with Gasteiger partial charge in [-0.1, -0.05) is 25.5 Å². The van der Waals surface area contributed by atoms with E-state index in [1.165, 1.54) is 0 Å². The average molecular weight is 391 g/mol. The van der Waals surface area contributed by atoms with E-state index in [4.69, 9.17) is 9.90 Å². The number of aliphatic hydroxyl groups is 2. The lowest BCUT2D eigenvalue weighted by Crippen LogP contribution is -2.55. The Kier molecular flexibility index (Phi) is 7.24. The topological polar surface area (TPSA) is 144 Å². The summed E-state index contributed by atoms with van der Waals surface area (Å²) in [6, 6.07) is 6.85. The molecule has 2 aromatic rings. The number of carbonyl (C=O) groups excluding carboxylic acids is 1. The van der Waals surface area contributed by atoms with Gasteiger partial charge in [-0.15, -0.1) is 0 Å². The fourth-order valence-corrected chi connectivity index (χ4v) is 3.64. The molecule has 2 atom stereocenters. The number of rotatable bonds is 4. The Bertz CT molecular complexity index is 883. The molecule has 9 heteroatoms. The highest BCUT2D eigenvalue weighted by atomic mass is 16.3. The lowest BCUT2D eigenvalue weighted by atomic mass is 9.74. The second-order valence-electron chi connectivity index (χ2n) is 6.84. The Hall–Kier alpha value is -2.78. The highest BCUT2D eigenvalue weighted by molar-refractivity contribution is 5.92. The van der Waals surface area contributed by atoms with Crippen molar-refractivity contribution in [2.75, 3.05) is 19.7 Å². The SMILES string of the molecule is CCC[C@@]1(CO)CN(C(=O)c2nc3ccccc3c(=O)[nH]2)CC[C@H]1O.O=CO. The van der Waals surface area contributed by atoms with Gasteiger partial charge in [-0.2, -0.15) is 0 Å². The van der Waals surface area contributed by atoms with Crippen LogP contribution in [0, 0.1) is 5.41 Å². The van der Waals surface area contributed by atoms with Gasteiger partial charge < -0.3 is 25.2 Å². The number of fused-ring (bicyclic) bond motifs is 1. The van der Waals surface area contributed by atoms with Crippen LogP contribution in [-0.4, -0.2) is 68.4 Å². The van der Waals surface area contributed by atoms with Crippen molar-refractivity contribution in [1.82, 2.24) is 14.9 Å². The van der Waals surface area contributed by atoms with Crippen LogP contribution in [0.3, 0.4) is 0 Å². The van der Waals surface area contributed by atoms with Gasteiger partial charge in [0.05, 0.1) is 23.6 Å². The van der Waals surface area contributed by atoms with Crippen molar-refractivity contribution in [2.24, 2.45) is 5.41 Å². The monoisotopic (exact) mass is 391 g/mol. The van der Waals surface area contributed by atoms with E-state index < -0.39 is 11.5 Å². The number of carbonyl (C=O) groups is 2. The highest BCUT2D eigenvalue weighted by Crippen LogP contribution is 2.35. The molecule has 0 radical (unpaired) electrons. The number of amides is 1. The summed E-state index contributed by atoms with van der Waals surface area (Å²) in [5.74, 6) is -0.396. The molecule has 4 N–H and O–H groups in total. The summed E-state index contributed by atoms with van der Waals surface area (Å²) >= 11 is 0. The predicted octanol–water partition coefficient (Wildman–Crippen LogP) is 0.609. The minimum atomic E-state index is -0.722. The minimum absolute atomic E-state index is 0.0107. The summed E-state index contributed by atoms with van der Waals surface area (Å²) in [5.41, 5.74) is -0.610. The van der Waals surface area contributed by atoms with Gasteiger partial charge in [0.2, 0.25) is 0 Å². The molecular weight excluding hydrogens is 366 g/mol. The summed E-state index contributed by atoms with van der Waals surface area (Å²) in [6.45, 7) is 2.15. The number of H-pyrrole nitrogens is 1. The summed E-state index contributed by atoms with van der Waals surface area (Å²) < 4.78 is 0. The van der Waals surface area contributed by atoms with Crippen LogP contribution in [0.1, 0.15) is 36.8 Å². The average Bonchev–Trinajstić information content (AvgIpc) is 2.70. The molecule has 1 aliphatic heterocycles. The van der Waals surface area contributed by atoms with Crippen molar-refractivity contribution in [3.8, 4) is 0 Å². The number of carboxylic acid groups (broad SMARTS) is 1. The molecule has 1 aromatic carbocycles. The van der Waals surface area contributed by atoms with Crippen LogP contribution in [0.5, 0.6) is 0 Å². The van der Waals surface area contributed by atoms with E-state index in [1.54, 1.807) is 29.2 Å². The third-order valence-corrected chi connectivity index (χ3v) is 5.05. The molecule has 1 amide bonds. The van der Waals surface area contributed by atoms with Crippen molar-refractivity contribution >= 4 is 23.3 Å². The molecule has 152 valence electrons. The van der Waals surface area contributed by atoms with Crippen molar-refractivity contribution in [3.05, 3.63) is 40.4 Å². The van der Waals surface area contributed by atoms with Crippen LogP contribution in [0.15, 0.2) is 29.1 Å². The molecule has 0 unspecified atom stereocenters. The molecule has 3 rings (SSSR count). The molecule has 0 saturated carbocycles. The van der Waals surface area contributed by atoms with Gasteiger partial charge in [0, 0.05) is 18.5 Å². The first-order valence-corrected chi connectivity index (χ1v) is 9.07. The van der Waals surface area contributed by atoms with Crippen molar-refractivity contribution in [3.63, 3.8) is 0 Å². The normalized spacial score (nSPS) is 21.7. The number of piperidine rings is 1. The smallest absolute Gasteiger partial charge is 0.290 e. The standard InChI is InChI=1S/C18H23N3O4.CH2O2/c1-2-8-18(11-22)10-21(9-7-14(18)23)17(25)15-19-13-6-4-3-5-12(13)16(24)20-15;2-1-3/h3-6,14,22-23H,2,7-11H2,1H3,(H,19,20,24);1H,(H,2,3)/t14-,18+;/m1./s1. The number of aliphatic hydroxyl groups excluding tert-OH is 2. The number of hydrogen-bond acceptors (Lipinski definition) is 6. The number of hydrogen-bond donors (Lipinski definition) is 4. The largest absolute Gasteiger partial charge is 0.483 e. The van der Waals surface area contributed by atoms with E-state index in [1.807, 2.05) is 6.92 Å². The lowest BCUT2D eigenvalue weighted by Gasteiger charge is -2.45. The van der Waals surface area contributed by atoms with E-state index in [0.717, 1.165) is 6.42 Å². The predicted molar refractivity (Wildman–Crippen MR) is 102 cm³/mol. The number of benzene rings is 1. The first-order chi connectivity index (χ1) is 13.4. The Morgan fingerprint density at radius 3 is 2.75 bits per heavy atom. The first kappa shape index (κ1) is 21.5. The van der Waals surface area contributed by atoms with Crippen molar-refractivity contribution in [2.45, 2.75) is 32.3 Å². The quantitative estimate of drug-likeness (QED) is 0.559. The zero-order valence-electron chi connectivity index (χ0n) is 15.7. The lowest BCUT2D eigenvalue weighted by molar-refractivity contribution is -0.122. The van der Waals surface area contributed by atoms with E-state index in [9.17, 15) is 19.8 Å². The molecule has 0 aliphatic carbocycles. The molecule has 1 saturated heterocycles. The maximum atomic E-state index is 12.8. The third kappa shape index (κ3) is 4.37. The van der Waals surface area contributed by atoms with Crippen LogP contribution in [0.2, 0.25) is 0 Å². The molecular formula is C19H25N3O6. The van der Waals surface area contributed by atoms with Crippen LogP contribution in [0.25, 0.3) is 10.9 Å². The summed E-state index contributed by atoms with van der Waals surface area (Å²) in [6.07, 6.45) is 1.16. The third-order valence-electron chi connectivity index (χ3n) is 5.05. The van der Waals surface area contributed by atoms with E-state index in [2.05, 4.69) is 9.97 Å². The zero-order valence-corrected chi connectivity index (χ0v) is 15.7. The number of nitrogens with one attached hydrogen (secondary N) is 1. The van der Waals surface area contributed by atoms with Gasteiger partial charge in [0.1, 0.15) is 0 Å². The van der Waals surface area contributed by atoms with E-state index >= 15 is 0 Å². The number of likely N-dealkylation sites (tertiary alicyclic amines) is 1. The molecule has 1 aromatic heterocycles. The Labute approximate surface area is 161 Å². The van der Waals surface area contributed by atoms with Gasteiger partial charge in [-0.3, -0.25) is 14.4 Å². The first-order valence-electron chi connectivity index (χ1n) is 9.07. The summed E-state index contributed by atoms with van der Waals surface area (Å²) in [5, 5.41) is 27.5. The van der Waals surface area contributed by atoms with Gasteiger partial charge in [-0.25, -0.2) is 4.98 Å². The van der Waals surface area contributed by atoms with Gasteiger partial charge in [-0.05, 0) is 25.0 Å². The van der Waals surface area contributed by atoms with Crippen LogP contribution in [0.4, 0.5) is 0 Å². The fourth-order valence-electron chi connectivity index (χ4n) is 3.64. The molecule has 1 fully saturated rings. The maximum absolute atomic E-state index is 12.8. The number of nitrogens with zero attached hydrogens (tertiary/aromatic N) is 2. The van der Waals surface area contributed by atoms with Crippen LogP contribution >= 0.6 is 0 Å². The Morgan fingerprint density at radius 1 is 1.43 bits per heavy atom. The highest BCUT2D eigenvalue weighted by Gasteiger charge is 2.43. The number of para-hydroxylation sites is 1. The minimum Gasteiger partial charge on any atom is -0.483 e. The number of aromatic amines is 1. The molecule has 2 heterocycles. The van der Waals surface area contributed by atoms with Crippen molar-refractivity contribution in [1.29, 1.82) is 0 Å². The molecule has 28 heavy (non-hydrogen) atoms.